The number of hydrogen-bond acceptors (Lipinski definition) is 3. The van der Waals surface area contributed by atoms with E-state index in [-0.39, 0.29) is 10.8 Å². The molecular formula is C18H29NO2. The first-order chi connectivity index (χ1) is 9.88. The van der Waals surface area contributed by atoms with E-state index in [1.54, 1.807) is 14.2 Å². The van der Waals surface area contributed by atoms with E-state index >= 15 is 0 Å². The maximum absolute atomic E-state index is 6.18. The van der Waals surface area contributed by atoms with Gasteiger partial charge in [0.2, 0.25) is 0 Å². The molecule has 1 aliphatic carbocycles. The van der Waals surface area contributed by atoms with Gasteiger partial charge in [-0.2, -0.15) is 0 Å². The van der Waals surface area contributed by atoms with Crippen molar-refractivity contribution in [2.24, 2.45) is 5.73 Å². The topological polar surface area (TPSA) is 44.5 Å². The van der Waals surface area contributed by atoms with E-state index in [1.165, 1.54) is 24.0 Å². The molecule has 1 aromatic carbocycles. The highest BCUT2D eigenvalue weighted by atomic mass is 16.5. The molecule has 0 amide bonds. The van der Waals surface area contributed by atoms with Gasteiger partial charge in [0.25, 0.3) is 0 Å². The summed E-state index contributed by atoms with van der Waals surface area (Å²) < 4.78 is 11.4. The molecule has 0 atom stereocenters. The first-order valence-corrected chi connectivity index (χ1v) is 7.85. The fourth-order valence-electron chi connectivity index (χ4n) is 3.53. The summed E-state index contributed by atoms with van der Waals surface area (Å²) in [4.78, 5) is 0. The average molecular weight is 291 g/mol. The molecule has 0 saturated heterocycles. The summed E-state index contributed by atoms with van der Waals surface area (Å²) in [5, 5.41) is 0. The number of nitrogens with two attached hydrogens (primary N) is 1. The lowest BCUT2D eigenvalue weighted by Gasteiger charge is -2.33. The summed E-state index contributed by atoms with van der Waals surface area (Å²) in [6.07, 6.45) is 4.75. The Hall–Kier alpha value is -1.22. The van der Waals surface area contributed by atoms with E-state index in [2.05, 4.69) is 32.9 Å². The van der Waals surface area contributed by atoms with Gasteiger partial charge in [0.15, 0.2) is 0 Å². The van der Waals surface area contributed by atoms with Crippen molar-refractivity contribution in [1.29, 1.82) is 0 Å². The van der Waals surface area contributed by atoms with Crippen molar-refractivity contribution < 1.29 is 9.47 Å². The molecule has 2 rings (SSSR count). The van der Waals surface area contributed by atoms with Gasteiger partial charge in [0.05, 0.1) is 14.2 Å². The molecule has 1 aliphatic rings. The summed E-state index contributed by atoms with van der Waals surface area (Å²) >= 11 is 0. The highest BCUT2D eigenvalue weighted by molar-refractivity contribution is 5.54. The molecule has 0 bridgehead atoms. The Morgan fingerprint density at radius 2 is 1.71 bits per heavy atom. The molecule has 0 heterocycles. The predicted octanol–water partition coefficient (Wildman–Crippen LogP) is 3.77. The van der Waals surface area contributed by atoms with Crippen LogP contribution in [0, 0.1) is 0 Å². The highest BCUT2D eigenvalue weighted by Gasteiger charge is 2.38. The summed E-state index contributed by atoms with van der Waals surface area (Å²) in [5.74, 6) is 1.89. The van der Waals surface area contributed by atoms with Crippen molar-refractivity contribution in [2.75, 3.05) is 20.8 Å². The third kappa shape index (κ3) is 2.89. The van der Waals surface area contributed by atoms with Crippen LogP contribution in [0.1, 0.15) is 57.6 Å². The minimum atomic E-state index is 0.00300. The first-order valence-electron chi connectivity index (χ1n) is 7.85. The summed E-state index contributed by atoms with van der Waals surface area (Å²) in [6, 6.07) is 4.23. The van der Waals surface area contributed by atoms with Crippen LogP contribution in [0.15, 0.2) is 12.1 Å². The molecule has 0 aromatic heterocycles. The van der Waals surface area contributed by atoms with Gasteiger partial charge in [-0.1, -0.05) is 33.6 Å². The van der Waals surface area contributed by atoms with Crippen molar-refractivity contribution in [3.05, 3.63) is 23.3 Å². The molecule has 1 aromatic rings. The van der Waals surface area contributed by atoms with Crippen LogP contribution in [0.3, 0.4) is 0 Å². The SMILES string of the molecule is COc1cc(C(C)(C)C)c(OC)c(C2(CN)CCCC2)c1. The lowest BCUT2D eigenvalue weighted by molar-refractivity contribution is 0.357. The van der Waals surface area contributed by atoms with Crippen LogP contribution >= 0.6 is 0 Å². The molecule has 0 radical (unpaired) electrons. The number of benzene rings is 1. The number of hydrogen-bond donors (Lipinski definition) is 1. The van der Waals surface area contributed by atoms with Gasteiger partial charge in [-0.15, -0.1) is 0 Å². The van der Waals surface area contributed by atoms with Gasteiger partial charge < -0.3 is 15.2 Å². The Bertz CT molecular complexity index is 497. The van der Waals surface area contributed by atoms with Crippen molar-refractivity contribution in [2.45, 2.75) is 57.3 Å². The monoisotopic (exact) mass is 291 g/mol. The van der Waals surface area contributed by atoms with Crippen LogP contribution in [-0.4, -0.2) is 20.8 Å². The van der Waals surface area contributed by atoms with Gasteiger partial charge >= 0.3 is 0 Å². The van der Waals surface area contributed by atoms with Crippen LogP contribution in [0.25, 0.3) is 0 Å². The molecule has 118 valence electrons. The molecule has 1 fully saturated rings. The van der Waals surface area contributed by atoms with Crippen molar-refractivity contribution in [1.82, 2.24) is 0 Å². The Balaban J connectivity index is 2.69. The Morgan fingerprint density at radius 3 is 2.14 bits per heavy atom. The molecule has 3 heteroatoms. The fourth-order valence-corrected chi connectivity index (χ4v) is 3.53. The second kappa shape index (κ2) is 5.88. The lowest BCUT2D eigenvalue weighted by atomic mass is 9.75. The van der Waals surface area contributed by atoms with Gasteiger partial charge in [0, 0.05) is 23.1 Å². The van der Waals surface area contributed by atoms with Gasteiger partial charge in [-0.25, -0.2) is 0 Å². The van der Waals surface area contributed by atoms with E-state index in [0.717, 1.165) is 24.3 Å². The zero-order valence-electron chi connectivity index (χ0n) is 14.1. The molecule has 1 saturated carbocycles. The zero-order valence-corrected chi connectivity index (χ0v) is 14.1. The normalized spacial score (nSPS) is 17.8. The smallest absolute Gasteiger partial charge is 0.126 e. The second-order valence-electron chi connectivity index (χ2n) is 7.20. The van der Waals surface area contributed by atoms with Crippen LogP contribution < -0.4 is 15.2 Å². The molecular weight excluding hydrogens is 262 g/mol. The maximum Gasteiger partial charge on any atom is 0.126 e. The highest BCUT2D eigenvalue weighted by Crippen LogP contribution is 2.48. The van der Waals surface area contributed by atoms with Gasteiger partial charge in [-0.3, -0.25) is 0 Å². The van der Waals surface area contributed by atoms with Crippen molar-refractivity contribution in [3.63, 3.8) is 0 Å². The minimum Gasteiger partial charge on any atom is -0.497 e. The Morgan fingerprint density at radius 1 is 1.10 bits per heavy atom. The van der Waals surface area contributed by atoms with Crippen LogP contribution in [0.5, 0.6) is 11.5 Å². The fraction of sp³-hybridized carbons (Fsp3) is 0.667. The van der Waals surface area contributed by atoms with Crippen molar-refractivity contribution in [3.8, 4) is 11.5 Å². The largest absolute Gasteiger partial charge is 0.497 e. The van der Waals surface area contributed by atoms with E-state index < -0.39 is 0 Å². The van der Waals surface area contributed by atoms with Crippen LogP contribution in [-0.2, 0) is 10.8 Å². The standard InChI is InChI=1S/C18H29NO2/c1-17(2,3)14-10-13(20-4)11-15(16(14)21-5)18(12-19)8-6-7-9-18/h10-11H,6-9,12,19H2,1-5H3. The molecule has 21 heavy (non-hydrogen) atoms. The maximum atomic E-state index is 6.18. The second-order valence-corrected chi connectivity index (χ2v) is 7.20. The number of methoxy groups -OCH3 is 2. The predicted molar refractivity (Wildman–Crippen MR) is 87.4 cm³/mol. The molecule has 0 spiro atoms. The van der Waals surface area contributed by atoms with Crippen LogP contribution in [0.4, 0.5) is 0 Å². The Labute approximate surface area is 128 Å². The molecule has 3 nitrogen and oxygen atoms in total. The van der Waals surface area contributed by atoms with Crippen LogP contribution in [0.2, 0.25) is 0 Å². The van der Waals surface area contributed by atoms with E-state index in [9.17, 15) is 0 Å². The van der Waals surface area contributed by atoms with Gasteiger partial charge in [-0.05, 0) is 30.4 Å². The quantitative estimate of drug-likeness (QED) is 0.918. The van der Waals surface area contributed by atoms with E-state index in [4.69, 9.17) is 15.2 Å². The number of ether oxygens (including phenoxy) is 2. The van der Waals surface area contributed by atoms with Crippen molar-refractivity contribution >= 4 is 0 Å². The first kappa shape index (κ1) is 16.2. The van der Waals surface area contributed by atoms with Gasteiger partial charge in [0.1, 0.15) is 11.5 Å². The summed E-state index contributed by atoms with van der Waals surface area (Å²) in [6.45, 7) is 7.29. The average Bonchev–Trinajstić information content (AvgIpc) is 2.94. The third-order valence-corrected chi connectivity index (χ3v) is 4.83. The minimum absolute atomic E-state index is 0.00300. The number of rotatable bonds is 4. The molecule has 0 aliphatic heterocycles. The third-order valence-electron chi connectivity index (χ3n) is 4.83. The summed E-state index contributed by atoms with van der Waals surface area (Å²) in [5.41, 5.74) is 8.65. The summed E-state index contributed by atoms with van der Waals surface area (Å²) in [7, 11) is 3.49. The molecule has 2 N–H and O–H groups in total. The molecule has 0 unspecified atom stereocenters. The zero-order chi connectivity index (χ0) is 15.7. The Kier molecular flexibility index (Phi) is 4.52. The van der Waals surface area contributed by atoms with E-state index in [1.807, 2.05) is 0 Å². The van der Waals surface area contributed by atoms with E-state index in [0.29, 0.717) is 6.54 Å². The lowest BCUT2D eigenvalue weighted by Crippen LogP contribution is -2.33.